The predicted octanol–water partition coefficient (Wildman–Crippen LogP) is 5.30. The van der Waals surface area contributed by atoms with E-state index in [1.165, 1.54) is 6.08 Å². The zero-order chi connectivity index (χ0) is 25.8. The molecule has 36 heavy (non-hydrogen) atoms. The van der Waals surface area contributed by atoms with Crippen LogP contribution in [0.1, 0.15) is 42.5 Å². The van der Waals surface area contributed by atoms with E-state index in [0.717, 1.165) is 16.0 Å². The molecule has 0 N–H and O–H groups in total. The molecular formula is C29H24N2O5. The third-order valence-electron chi connectivity index (χ3n) is 5.67. The first-order chi connectivity index (χ1) is 17.3. The second-order valence-electron chi connectivity index (χ2n) is 8.59. The summed E-state index contributed by atoms with van der Waals surface area (Å²) in [5.41, 5.74) is 2.39. The minimum Gasteiger partial charge on any atom is -0.459 e. The van der Waals surface area contributed by atoms with Crippen molar-refractivity contribution in [3.8, 4) is 17.4 Å². The van der Waals surface area contributed by atoms with Gasteiger partial charge in [0.05, 0.1) is 18.2 Å². The lowest BCUT2D eigenvalue weighted by molar-refractivity contribution is -0.141. The number of nitriles is 1. The van der Waals surface area contributed by atoms with Gasteiger partial charge in [0.15, 0.2) is 0 Å². The SMILES string of the molecule is CC1=C(C#N)C(=O)N(Cc2ccccc2)C(=O)/C1=C/c1ccc(-c2ccc(C(=O)OC(C)C)cc2)o1. The number of hydrogen-bond donors (Lipinski definition) is 0. The number of hydrogen-bond acceptors (Lipinski definition) is 6. The van der Waals surface area contributed by atoms with Gasteiger partial charge in [0, 0.05) is 11.1 Å². The Morgan fingerprint density at radius 3 is 2.36 bits per heavy atom. The van der Waals surface area contributed by atoms with Crippen LogP contribution < -0.4 is 0 Å². The minimum atomic E-state index is -0.614. The third kappa shape index (κ3) is 5.03. The predicted molar refractivity (Wildman–Crippen MR) is 133 cm³/mol. The molecule has 0 saturated carbocycles. The molecule has 7 nitrogen and oxygen atoms in total. The smallest absolute Gasteiger partial charge is 0.338 e. The van der Waals surface area contributed by atoms with Gasteiger partial charge in [0.1, 0.15) is 23.2 Å². The third-order valence-corrected chi connectivity index (χ3v) is 5.67. The lowest BCUT2D eigenvalue weighted by Crippen LogP contribution is -2.42. The first-order valence-electron chi connectivity index (χ1n) is 11.4. The number of nitrogens with zero attached hydrogens (tertiary/aromatic N) is 2. The average Bonchev–Trinajstić information content (AvgIpc) is 3.34. The second-order valence-corrected chi connectivity index (χ2v) is 8.59. The Morgan fingerprint density at radius 2 is 1.72 bits per heavy atom. The van der Waals surface area contributed by atoms with Crippen LogP contribution in [0.4, 0.5) is 0 Å². The highest BCUT2D eigenvalue weighted by Crippen LogP contribution is 2.30. The van der Waals surface area contributed by atoms with Gasteiger partial charge in [-0.2, -0.15) is 5.26 Å². The van der Waals surface area contributed by atoms with Crippen LogP contribution in [0.3, 0.4) is 0 Å². The Labute approximate surface area is 208 Å². The van der Waals surface area contributed by atoms with Gasteiger partial charge in [-0.1, -0.05) is 42.5 Å². The molecule has 1 aliphatic rings. The maximum Gasteiger partial charge on any atom is 0.338 e. The molecule has 0 atom stereocenters. The molecule has 4 rings (SSSR count). The largest absolute Gasteiger partial charge is 0.459 e. The molecule has 2 amide bonds. The van der Waals surface area contributed by atoms with Gasteiger partial charge in [0.2, 0.25) is 0 Å². The number of rotatable bonds is 6. The van der Waals surface area contributed by atoms with Crippen LogP contribution in [0.5, 0.6) is 0 Å². The molecule has 3 aromatic rings. The van der Waals surface area contributed by atoms with Crippen molar-refractivity contribution in [1.29, 1.82) is 5.26 Å². The van der Waals surface area contributed by atoms with Gasteiger partial charge in [-0.3, -0.25) is 14.5 Å². The molecule has 0 unspecified atom stereocenters. The van der Waals surface area contributed by atoms with Crippen LogP contribution in [-0.2, 0) is 20.9 Å². The van der Waals surface area contributed by atoms with Crippen molar-refractivity contribution >= 4 is 23.9 Å². The zero-order valence-corrected chi connectivity index (χ0v) is 20.1. The number of ether oxygens (including phenoxy) is 1. The van der Waals surface area contributed by atoms with Crippen molar-refractivity contribution in [3.05, 3.63) is 100 Å². The van der Waals surface area contributed by atoms with E-state index in [2.05, 4.69) is 0 Å². The summed E-state index contributed by atoms with van der Waals surface area (Å²) in [6, 6.07) is 21.3. The molecular weight excluding hydrogens is 456 g/mol. The fourth-order valence-electron chi connectivity index (χ4n) is 3.82. The molecule has 0 radical (unpaired) electrons. The van der Waals surface area contributed by atoms with E-state index < -0.39 is 17.8 Å². The number of carbonyl (C=O) groups excluding carboxylic acids is 3. The first kappa shape index (κ1) is 24.4. The van der Waals surface area contributed by atoms with E-state index in [9.17, 15) is 19.6 Å². The van der Waals surface area contributed by atoms with Crippen LogP contribution in [0.2, 0.25) is 0 Å². The lowest BCUT2D eigenvalue weighted by Gasteiger charge is -2.27. The van der Waals surface area contributed by atoms with Crippen molar-refractivity contribution in [3.63, 3.8) is 0 Å². The fraction of sp³-hybridized carbons (Fsp3) is 0.172. The van der Waals surface area contributed by atoms with Crippen LogP contribution >= 0.6 is 0 Å². The summed E-state index contributed by atoms with van der Waals surface area (Å²) in [4.78, 5) is 39.3. The molecule has 1 aromatic heterocycles. The summed E-state index contributed by atoms with van der Waals surface area (Å²) >= 11 is 0. The Hall–Kier alpha value is -4.70. The molecule has 180 valence electrons. The number of furan rings is 1. The summed E-state index contributed by atoms with van der Waals surface area (Å²) in [6.45, 7) is 5.22. The van der Waals surface area contributed by atoms with Gasteiger partial charge in [-0.15, -0.1) is 0 Å². The van der Waals surface area contributed by atoms with E-state index in [0.29, 0.717) is 22.7 Å². The van der Waals surface area contributed by atoms with Crippen LogP contribution in [0.15, 0.2) is 87.9 Å². The van der Waals surface area contributed by atoms with E-state index in [1.54, 1.807) is 57.2 Å². The maximum absolute atomic E-state index is 13.3. The number of benzene rings is 2. The summed E-state index contributed by atoms with van der Waals surface area (Å²) < 4.78 is 11.1. The Balaban J connectivity index is 1.62. The van der Waals surface area contributed by atoms with E-state index in [4.69, 9.17) is 9.15 Å². The highest BCUT2D eigenvalue weighted by molar-refractivity contribution is 6.19. The molecule has 0 spiro atoms. The summed E-state index contributed by atoms with van der Waals surface area (Å²) in [5.74, 6) is -0.582. The van der Waals surface area contributed by atoms with Crippen molar-refractivity contribution in [2.75, 3.05) is 0 Å². The van der Waals surface area contributed by atoms with E-state index >= 15 is 0 Å². The maximum atomic E-state index is 13.3. The van der Waals surface area contributed by atoms with Gasteiger partial charge in [-0.25, -0.2) is 4.79 Å². The number of carbonyl (C=O) groups is 3. The normalized spacial score (nSPS) is 15.0. The fourth-order valence-corrected chi connectivity index (χ4v) is 3.82. The van der Waals surface area contributed by atoms with Crippen LogP contribution in [-0.4, -0.2) is 28.8 Å². The second kappa shape index (κ2) is 10.3. The van der Waals surface area contributed by atoms with Crippen molar-refractivity contribution in [2.45, 2.75) is 33.4 Å². The topological polar surface area (TPSA) is 101 Å². The number of esters is 1. The first-order valence-corrected chi connectivity index (χ1v) is 11.4. The quantitative estimate of drug-likeness (QED) is 0.269. The average molecular weight is 481 g/mol. The molecule has 0 aliphatic carbocycles. The van der Waals surface area contributed by atoms with E-state index in [-0.39, 0.29) is 23.8 Å². The standard InChI is InChI=1S/C29H24N2O5/c1-18(2)35-29(34)22-11-9-21(10-12-22)26-14-13-23(36-26)15-24-19(3)25(16-30)28(33)31(27(24)32)17-20-7-5-4-6-8-20/h4-15,18H,17H2,1-3H3/b24-15+. The van der Waals surface area contributed by atoms with Gasteiger partial charge >= 0.3 is 5.97 Å². The van der Waals surface area contributed by atoms with Gasteiger partial charge in [-0.05, 0) is 62.2 Å². The van der Waals surface area contributed by atoms with Crippen molar-refractivity contribution in [2.24, 2.45) is 0 Å². The lowest BCUT2D eigenvalue weighted by atomic mass is 9.94. The Kier molecular flexibility index (Phi) is 6.98. The highest BCUT2D eigenvalue weighted by Gasteiger charge is 2.35. The molecule has 1 aliphatic heterocycles. The van der Waals surface area contributed by atoms with Crippen LogP contribution in [0, 0.1) is 11.3 Å². The molecule has 0 saturated heterocycles. The van der Waals surface area contributed by atoms with Crippen molar-refractivity contribution in [1.82, 2.24) is 4.90 Å². The summed E-state index contributed by atoms with van der Waals surface area (Å²) in [5, 5.41) is 9.60. The van der Waals surface area contributed by atoms with E-state index in [1.807, 2.05) is 36.4 Å². The summed E-state index contributed by atoms with van der Waals surface area (Å²) in [6.07, 6.45) is 1.33. The van der Waals surface area contributed by atoms with Gasteiger partial charge < -0.3 is 9.15 Å². The molecule has 2 heterocycles. The Bertz CT molecular complexity index is 1420. The summed E-state index contributed by atoms with van der Waals surface area (Å²) in [7, 11) is 0. The molecule has 0 bridgehead atoms. The monoisotopic (exact) mass is 480 g/mol. The zero-order valence-electron chi connectivity index (χ0n) is 20.1. The van der Waals surface area contributed by atoms with Crippen LogP contribution in [0.25, 0.3) is 17.4 Å². The Morgan fingerprint density at radius 1 is 1.03 bits per heavy atom. The number of amides is 2. The van der Waals surface area contributed by atoms with Gasteiger partial charge in [0.25, 0.3) is 11.8 Å². The minimum absolute atomic E-state index is 0.0588. The molecule has 7 heteroatoms. The number of imide groups is 1. The molecule has 0 fully saturated rings. The molecule has 2 aromatic carbocycles. The van der Waals surface area contributed by atoms with Crippen molar-refractivity contribution < 1.29 is 23.5 Å². The highest BCUT2D eigenvalue weighted by atomic mass is 16.5.